The molecule has 1 unspecified atom stereocenters. The van der Waals surface area contributed by atoms with Crippen LogP contribution in [0.3, 0.4) is 0 Å². The van der Waals surface area contributed by atoms with Gasteiger partial charge in [-0.15, -0.1) is 0 Å². The first kappa shape index (κ1) is 15.0. The van der Waals surface area contributed by atoms with E-state index in [1.807, 2.05) is 42.5 Å². The Balaban J connectivity index is 1.95. The van der Waals surface area contributed by atoms with Crippen LogP contribution in [0.4, 0.5) is 5.69 Å². The molecule has 2 N–H and O–H groups in total. The molecule has 0 fully saturated rings. The standard InChI is InChI=1S/C18H16N2O3/c1-2-11-23-16-10-6-3-7-13(16)12-20-15-9-5-4-8-14(15)17(19-22)18(20)21/h2-10,22H,1,11-12H2/p+1. The number of quaternary nitrogens is 1. The van der Waals surface area contributed by atoms with Gasteiger partial charge >= 0.3 is 5.91 Å². The third kappa shape index (κ3) is 2.74. The maximum absolute atomic E-state index is 12.5. The third-order valence-electron chi connectivity index (χ3n) is 3.79. The number of carbonyl (C=O) groups excluding carboxylic acids is 1. The van der Waals surface area contributed by atoms with Crippen LogP contribution in [-0.4, -0.2) is 23.4 Å². The summed E-state index contributed by atoms with van der Waals surface area (Å²) in [4.78, 5) is 13.2. The molecule has 116 valence electrons. The first-order valence-electron chi connectivity index (χ1n) is 7.30. The summed E-state index contributed by atoms with van der Waals surface area (Å²) in [5.74, 6) is 0.479. The van der Waals surface area contributed by atoms with Gasteiger partial charge in [-0.05, 0) is 18.2 Å². The van der Waals surface area contributed by atoms with Crippen molar-refractivity contribution < 1.29 is 19.6 Å². The van der Waals surface area contributed by atoms with Crippen molar-refractivity contribution in [2.24, 2.45) is 5.16 Å². The average Bonchev–Trinajstić information content (AvgIpc) is 2.86. The van der Waals surface area contributed by atoms with Crippen LogP contribution in [0.5, 0.6) is 5.75 Å². The van der Waals surface area contributed by atoms with Gasteiger partial charge in [-0.1, -0.05) is 42.1 Å². The zero-order valence-corrected chi connectivity index (χ0v) is 12.5. The van der Waals surface area contributed by atoms with Crippen LogP contribution in [0.25, 0.3) is 0 Å². The van der Waals surface area contributed by atoms with Crippen LogP contribution in [0.2, 0.25) is 0 Å². The largest absolute Gasteiger partial charge is 0.489 e. The molecule has 1 aliphatic heterocycles. The topological polar surface area (TPSA) is 63.3 Å². The number of ether oxygens (including phenoxy) is 1. The molecule has 1 atom stereocenters. The van der Waals surface area contributed by atoms with Crippen LogP contribution in [0.1, 0.15) is 11.1 Å². The molecule has 2 aromatic rings. The molecule has 3 rings (SSSR count). The zero-order valence-electron chi connectivity index (χ0n) is 12.5. The molecule has 1 amide bonds. The Morgan fingerprint density at radius 3 is 2.70 bits per heavy atom. The van der Waals surface area contributed by atoms with E-state index in [0.29, 0.717) is 23.6 Å². The second-order valence-electron chi connectivity index (χ2n) is 5.19. The average molecular weight is 309 g/mol. The fourth-order valence-electron chi connectivity index (χ4n) is 2.74. The molecule has 2 aromatic carbocycles. The summed E-state index contributed by atoms with van der Waals surface area (Å²) < 4.78 is 5.65. The molecule has 0 aromatic heterocycles. The molecule has 0 saturated carbocycles. The summed E-state index contributed by atoms with van der Waals surface area (Å²) in [5, 5.41) is 12.3. The Bertz CT molecular complexity index is 783. The molecule has 5 nitrogen and oxygen atoms in total. The minimum absolute atomic E-state index is 0.0973. The van der Waals surface area contributed by atoms with Crippen LogP contribution >= 0.6 is 0 Å². The normalized spacial score (nSPS) is 18.0. The van der Waals surface area contributed by atoms with Gasteiger partial charge in [-0.25, -0.2) is 9.69 Å². The quantitative estimate of drug-likeness (QED) is 0.502. The minimum atomic E-state index is -0.243. The van der Waals surface area contributed by atoms with Gasteiger partial charge in [0.05, 0.1) is 5.56 Å². The number of benzene rings is 2. The molecule has 0 aliphatic carbocycles. The van der Waals surface area contributed by atoms with Gasteiger partial charge in [0.2, 0.25) is 5.71 Å². The highest BCUT2D eigenvalue weighted by Crippen LogP contribution is 2.21. The van der Waals surface area contributed by atoms with Gasteiger partial charge in [0, 0.05) is 11.6 Å². The summed E-state index contributed by atoms with van der Waals surface area (Å²) in [5.41, 5.74) is 2.48. The first-order valence-corrected chi connectivity index (χ1v) is 7.30. The first-order chi connectivity index (χ1) is 11.3. The van der Waals surface area contributed by atoms with E-state index in [4.69, 9.17) is 9.94 Å². The van der Waals surface area contributed by atoms with Crippen LogP contribution < -0.4 is 9.64 Å². The molecule has 23 heavy (non-hydrogen) atoms. The van der Waals surface area contributed by atoms with E-state index in [2.05, 4.69) is 11.7 Å². The molecule has 0 bridgehead atoms. The monoisotopic (exact) mass is 309 g/mol. The Morgan fingerprint density at radius 1 is 1.17 bits per heavy atom. The van der Waals surface area contributed by atoms with Crippen molar-refractivity contribution in [3.63, 3.8) is 0 Å². The lowest BCUT2D eigenvalue weighted by Crippen LogP contribution is -3.07. The van der Waals surface area contributed by atoms with E-state index in [1.165, 1.54) is 0 Å². The Kier molecular flexibility index (Phi) is 4.21. The fraction of sp³-hybridized carbons (Fsp3) is 0.111. The fourth-order valence-corrected chi connectivity index (χ4v) is 2.74. The van der Waals surface area contributed by atoms with Crippen molar-refractivity contribution in [1.29, 1.82) is 0 Å². The number of nitrogens with zero attached hydrogens (tertiary/aromatic N) is 1. The van der Waals surface area contributed by atoms with E-state index in [1.54, 1.807) is 12.1 Å². The Labute approximate surface area is 134 Å². The summed E-state index contributed by atoms with van der Waals surface area (Å²) in [6, 6.07) is 14.9. The van der Waals surface area contributed by atoms with Crippen LogP contribution in [-0.2, 0) is 11.3 Å². The number of hydrogen-bond donors (Lipinski definition) is 2. The number of hydrogen-bond acceptors (Lipinski definition) is 4. The number of nitrogens with one attached hydrogen (secondary N) is 1. The number of rotatable bonds is 5. The highest BCUT2D eigenvalue weighted by molar-refractivity contribution is 6.45. The molecule has 1 aliphatic rings. The van der Waals surface area contributed by atoms with Gasteiger partial charge in [0.1, 0.15) is 24.6 Å². The molecule has 0 spiro atoms. The maximum atomic E-state index is 12.5. The summed E-state index contributed by atoms with van der Waals surface area (Å²) in [6.07, 6.45) is 1.68. The van der Waals surface area contributed by atoms with Crippen LogP contribution in [0.15, 0.2) is 66.3 Å². The van der Waals surface area contributed by atoms with Crippen molar-refractivity contribution in [3.8, 4) is 5.75 Å². The number of oxime groups is 1. The Hall–Kier alpha value is -2.92. The van der Waals surface area contributed by atoms with E-state index < -0.39 is 0 Å². The summed E-state index contributed by atoms with van der Waals surface area (Å²) >= 11 is 0. The van der Waals surface area contributed by atoms with E-state index in [9.17, 15) is 4.79 Å². The summed E-state index contributed by atoms with van der Waals surface area (Å²) in [6.45, 7) is 4.47. The number of carbonyl (C=O) groups is 1. The lowest BCUT2D eigenvalue weighted by Gasteiger charge is -2.14. The molecule has 5 heteroatoms. The van der Waals surface area contributed by atoms with Gasteiger partial charge in [-0.3, -0.25) is 0 Å². The third-order valence-corrected chi connectivity index (χ3v) is 3.79. The predicted octanol–water partition coefficient (Wildman–Crippen LogP) is 1.69. The molecular weight excluding hydrogens is 292 g/mol. The Morgan fingerprint density at radius 2 is 1.91 bits per heavy atom. The predicted molar refractivity (Wildman–Crippen MR) is 86.2 cm³/mol. The molecular formula is C18H17N2O3+. The van der Waals surface area contributed by atoms with Crippen molar-refractivity contribution in [1.82, 2.24) is 0 Å². The smallest absolute Gasteiger partial charge is 0.372 e. The van der Waals surface area contributed by atoms with Crippen molar-refractivity contribution in [2.45, 2.75) is 6.54 Å². The van der Waals surface area contributed by atoms with Gasteiger partial charge in [-0.2, -0.15) is 0 Å². The second kappa shape index (κ2) is 6.46. The molecule has 1 heterocycles. The maximum Gasteiger partial charge on any atom is 0.372 e. The van der Waals surface area contributed by atoms with Crippen LogP contribution in [0, 0.1) is 0 Å². The highest BCUT2D eigenvalue weighted by Gasteiger charge is 2.40. The van der Waals surface area contributed by atoms with Crippen molar-refractivity contribution >= 4 is 17.3 Å². The van der Waals surface area contributed by atoms with Gasteiger partial charge < -0.3 is 9.94 Å². The highest BCUT2D eigenvalue weighted by atomic mass is 16.5. The molecule has 0 saturated heterocycles. The van der Waals surface area contributed by atoms with E-state index in [-0.39, 0.29) is 11.6 Å². The lowest BCUT2D eigenvalue weighted by atomic mass is 10.1. The van der Waals surface area contributed by atoms with Gasteiger partial charge in [0.15, 0.2) is 0 Å². The molecule has 0 radical (unpaired) electrons. The van der Waals surface area contributed by atoms with E-state index >= 15 is 0 Å². The SMILES string of the molecule is C=CCOc1ccccc1C[NH+]1C(=O)C(=NO)c2ccccc21. The minimum Gasteiger partial charge on any atom is -0.489 e. The number of amides is 1. The second-order valence-corrected chi connectivity index (χ2v) is 5.19. The number of fused-ring (bicyclic) bond motifs is 1. The number of para-hydroxylation sites is 2. The zero-order chi connectivity index (χ0) is 16.2. The lowest BCUT2D eigenvalue weighted by molar-refractivity contribution is -0.757. The van der Waals surface area contributed by atoms with Crippen molar-refractivity contribution in [2.75, 3.05) is 6.61 Å². The van der Waals surface area contributed by atoms with Crippen molar-refractivity contribution in [3.05, 3.63) is 72.3 Å². The van der Waals surface area contributed by atoms with E-state index in [0.717, 1.165) is 17.0 Å². The van der Waals surface area contributed by atoms with Gasteiger partial charge in [0.25, 0.3) is 0 Å². The summed E-state index contributed by atoms with van der Waals surface area (Å²) in [7, 11) is 0.